The van der Waals surface area contributed by atoms with Gasteiger partial charge in [0.05, 0.1) is 13.7 Å². The second kappa shape index (κ2) is 13.0. The van der Waals surface area contributed by atoms with Crippen molar-refractivity contribution in [3.8, 4) is 5.75 Å². The summed E-state index contributed by atoms with van der Waals surface area (Å²) in [7, 11) is 1.23. The molecule has 1 amide bonds. The number of amides is 1. The molecule has 0 aliphatic rings. The molecule has 0 aliphatic carbocycles. The van der Waals surface area contributed by atoms with E-state index in [1.807, 2.05) is 0 Å². The molecule has 26 heavy (non-hydrogen) atoms. The summed E-state index contributed by atoms with van der Waals surface area (Å²) in [6, 6.07) is 4.18. The predicted molar refractivity (Wildman–Crippen MR) is 102 cm³/mol. The predicted octanol–water partition coefficient (Wildman–Crippen LogP) is 5.26. The van der Waals surface area contributed by atoms with Crippen LogP contribution in [-0.2, 0) is 9.47 Å². The van der Waals surface area contributed by atoms with E-state index in [1.165, 1.54) is 70.3 Å². The number of unbranched alkanes of at least 4 members (excludes halogenated alkanes) is 8. The van der Waals surface area contributed by atoms with Gasteiger partial charge in [-0.1, -0.05) is 58.3 Å². The smallest absolute Gasteiger partial charge is 0.411 e. The van der Waals surface area contributed by atoms with Crippen molar-refractivity contribution in [2.45, 2.75) is 64.7 Å². The summed E-state index contributed by atoms with van der Waals surface area (Å²) in [6.45, 7) is 2.59. The molecule has 0 bridgehead atoms. The molecule has 0 spiro atoms. The minimum atomic E-state index is -0.637. The zero-order chi connectivity index (χ0) is 19.2. The highest BCUT2D eigenvalue weighted by Gasteiger charge is 2.12. The lowest BCUT2D eigenvalue weighted by Gasteiger charge is -2.09. The maximum atomic E-state index is 11.7. The highest BCUT2D eigenvalue weighted by Crippen LogP contribution is 2.22. The van der Waals surface area contributed by atoms with E-state index in [2.05, 4.69) is 17.0 Å². The first-order valence-corrected chi connectivity index (χ1v) is 9.43. The van der Waals surface area contributed by atoms with E-state index in [4.69, 9.17) is 4.74 Å². The quantitative estimate of drug-likeness (QED) is 0.390. The SMILES string of the molecule is CCCCCCCCCCCOC(=O)Nc1ccc(C(=O)OC)c(O)c1. The maximum absolute atomic E-state index is 11.7. The van der Waals surface area contributed by atoms with Crippen LogP contribution in [0, 0.1) is 0 Å². The fraction of sp³-hybridized carbons (Fsp3) is 0.600. The summed E-state index contributed by atoms with van der Waals surface area (Å²) in [4.78, 5) is 23.1. The second-order valence-electron chi connectivity index (χ2n) is 6.31. The van der Waals surface area contributed by atoms with Crippen molar-refractivity contribution in [1.29, 1.82) is 0 Å². The number of anilines is 1. The number of rotatable bonds is 12. The molecule has 0 unspecified atom stereocenters. The standard InChI is InChI=1S/C20H31NO5/c1-3-4-5-6-7-8-9-10-11-14-26-20(24)21-16-12-13-17(18(22)15-16)19(23)25-2/h12-13,15,22H,3-11,14H2,1-2H3,(H,21,24). The number of carbonyl (C=O) groups is 2. The molecule has 0 saturated heterocycles. The summed E-state index contributed by atoms with van der Waals surface area (Å²) in [5.74, 6) is -0.893. The van der Waals surface area contributed by atoms with E-state index in [0.29, 0.717) is 12.3 Å². The minimum Gasteiger partial charge on any atom is -0.507 e. The van der Waals surface area contributed by atoms with Gasteiger partial charge in [0, 0.05) is 11.8 Å². The van der Waals surface area contributed by atoms with Crippen LogP contribution in [0.1, 0.15) is 75.1 Å². The number of phenols is 1. The number of phenolic OH excluding ortho intramolecular Hbond substituents is 1. The average Bonchev–Trinajstić information content (AvgIpc) is 2.62. The molecule has 1 aromatic rings. The fourth-order valence-corrected chi connectivity index (χ4v) is 2.62. The van der Waals surface area contributed by atoms with Gasteiger partial charge < -0.3 is 14.6 Å². The summed E-state index contributed by atoms with van der Waals surface area (Å²) < 4.78 is 9.67. The fourth-order valence-electron chi connectivity index (χ4n) is 2.62. The van der Waals surface area contributed by atoms with E-state index >= 15 is 0 Å². The number of methoxy groups -OCH3 is 1. The Balaban J connectivity index is 2.15. The molecule has 0 aliphatic heterocycles. The van der Waals surface area contributed by atoms with Crippen LogP contribution in [0.25, 0.3) is 0 Å². The first kappa shape index (κ1) is 21.8. The van der Waals surface area contributed by atoms with Crippen molar-refractivity contribution in [3.63, 3.8) is 0 Å². The Kier molecular flexibility index (Phi) is 10.9. The number of hydrogen-bond donors (Lipinski definition) is 2. The molecular formula is C20H31NO5. The van der Waals surface area contributed by atoms with E-state index in [-0.39, 0.29) is 11.3 Å². The van der Waals surface area contributed by atoms with E-state index in [1.54, 1.807) is 0 Å². The normalized spacial score (nSPS) is 10.4. The zero-order valence-corrected chi connectivity index (χ0v) is 15.9. The van der Waals surface area contributed by atoms with Crippen LogP contribution < -0.4 is 5.32 Å². The van der Waals surface area contributed by atoms with Crippen LogP contribution >= 0.6 is 0 Å². The zero-order valence-electron chi connectivity index (χ0n) is 15.9. The van der Waals surface area contributed by atoms with Gasteiger partial charge in [-0.15, -0.1) is 0 Å². The Morgan fingerprint density at radius 3 is 2.19 bits per heavy atom. The van der Waals surface area contributed by atoms with Crippen molar-refractivity contribution >= 4 is 17.7 Å². The third-order valence-corrected chi connectivity index (χ3v) is 4.13. The van der Waals surface area contributed by atoms with Crippen LogP contribution in [0.5, 0.6) is 5.75 Å². The topological polar surface area (TPSA) is 84.9 Å². The van der Waals surface area contributed by atoms with Gasteiger partial charge in [-0.05, 0) is 18.6 Å². The van der Waals surface area contributed by atoms with Crippen molar-refractivity contribution in [3.05, 3.63) is 23.8 Å². The number of ether oxygens (including phenoxy) is 2. The lowest BCUT2D eigenvalue weighted by Crippen LogP contribution is -2.14. The van der Waals surface area contributed by atoms with E-state index in [0.717, 1.165) is 12.8 Å². The van der Waals surface area contributed by atoms with Crippen LogP contribution in [0.4, 0.5) is 10.5 Å². The molecule has 1 aromatic carbocycles. The third-order valence-electron chi connectivity index (χ3n) is 4.13. The molecule has 0 saturated carbocycles. The molecule has 0 heterocycles. The average molecular weight is 365 g/mol. The minimum absolute atomic E-state index is 0.0427. The summed E-state index contributed by atoms with van der Waals surface area (Å²) in [6.07, 6.45) is 10.2. The Hall–Kier alpha value is -2.24. The summed E-state index contributed by atoms with van der Waals surface area (Å²) in [5.41, 5.74) is 0.397. The maximum Gasteiger partial charge on any atom is 0.411 e. The Labute approximate surface area is 155 Å². The van der Waals surface area contributed by atoms with Gasteiger partial charge in [0.1, 0.15) is 11.3 Å². The first-order chi connectivity index (χ1) is 12.6. The molecule has 0 radical (unpaired) electrons. The molecule has 6 nitrogen and oxygen atoms in total. The second-order valence-corrected chi connectivity index (χ2v) is 6.31. The third kappa shape index (κ3) is 8.74. The van der Waals surface area contributed by atoms with Crippen LogP contribution in [0.2, 0.25) is 0 Å². The number of carbonyl (C=O) groups excluding carboxylic acids is 2. The Bertz CT molecular complexity index is 559. The van der Waals surface area contributed by atoms with Crippen LogP contribution in [-0.4, -0.2) is 30.9 Å². The van der Waals surface area contributed by atoms with Crippen molar-refractivity contribution in [1.82, 2.24) is 0 Å². The molecule has 2 N–H and O–H groups in total. The van der Waals surface area contributed by atoms with Crippen molar-refractivity contribution < 1.29 is 24.2 Å². The van der Waals surface area contributed by atoms with Gasteiger partial charge in [-0.25, -0.2) is 9.59 Å². The Morgan fingerprint density at radius 2 is 1.62 bits per heavy atom. The lowest BCUT2D eigenvalue weighted by molar-refractivity contribution is 0.0597. The first-order valence-electron chi connectivity index (χ1n) is 9.43. The molecule has 146 valence electrons. The van der Waals surface area contributed by atoms with Crippen molar-refractivity contribution in [2.24, 2.45) is 0 Å². The largest absolute Gasteiger partial charge is 0.507 e. The number of hydrogen-bond acceptors (Lipinski definition) is 5. The summed E-state index contributed by atoms with van der Waals surface area (Å²) in [5, 5.41) is 12.3. The van der Waals surface area contributed by atoms with E-state index < -0.39 is 12.1 Å². The number of aromatic hydroxyl groups is 1. The molecule has 0 fully saturated rings. The van der Waals surface area contributed by atoms with Crippen molar-refractivity contribution in [2.75, 3.05) is 19.0 Å². The molecular weight excluding hydrogens is 334 g/mol. The monoisotopic (exact) mass is 365 g/mol. The molecule has 0 atom stereocenters. The van der Waals surface area contributed by atoms with Gasteiger partial charge in [0.15, 0.2) is 0 Å². The molecule has 0 aromatic heterocycles. The highest BCUT2D eigenvalue weighted by molar-refractivity contribution is 5.94. The van der Waals surface area contributed by atoms with Gasteiger partial charge >= 0.3 is 12.1 Å². The molecule has 6 heteroatoms. The van der Waals surface area contributed by atoms with Gasteiger partial charge in [-0.3, -0.25) is 5.32 Å². The number of nitrogens with one attached hydrogen (secondary N) is 1. The van der Waals surface area contributed by atoms with Crippen LogP contribution in [0.3, 0.4) is 0 Å². The van der Waals surface area contributed by atoms with Gasteiger partial charge in [-0.2, -0.15) is 0 Å². The van der Waals surface area contributed by atoms with Crippen LogP contribution in [0.15, 0.2) is 18.2 Å². The molecule has 1 rings (SSSR count). The highest BCUT2D eigenvalue weighted by atomic mass is 16.5. The van der Waals surface area contributed by atoms with Gasteiger partial charge in [0.2, 0.25) is 0 Å². The Morgan fingerprint density at radius 1 is 1.00 bits per heavy atom. The van der Waals surface area contributed by atoms with Gasteiger partial charge in [0.25, 0.3) is 0 Å². The lowest BCUT2D eigenvalue weighted by atomic mass is 10.1. The number of benzene rings is 1. The summed E-state index contributed by atoms with van der Waals surface area (Å²) >= 11 is 0. The number of esters is 1. The van der Waals surface area contributed by atoms with E-state index in [9.17, 15) is 14.7 Å².